The fraction of sp³-hybridized carbons (Fsp3) is 0.333. The van der Waals surface area contributed by atoms with Gasteiger partial charge < -0.3 is 10.3 Å². The third kappa shape index (κ3) is 4.63. The maximum atomic E-state index is 12.1. The summed E-state index contributed by atoms with van der Waals surface area (Å²) >= 11 is 0. The van der Waals surface area contributed by atoms with Gasteiger partial charge in [-0.1, -0.05) is 43.1 Å². The number of hydrogen-bond donors (Lipinski definition) is 2. The van der Waals surface area contributed by atoms with E-state index < -0.39 is 33.6 Å². The van der Waals surface area contributed by atoms with Crippen molar-refractivity contribution in [3.8, 4) is 0 Å². The molecule has 3 N–H and O–H groups in total. The molecule has 1 aromatic carbocycles. The van der Waals surface area contributed by atoms with Gasteiger partial charge >= 0.3 is 5.91 Å². The second-order valence-electron chi connectivity index (χ2n) is 5.30. The summed E-state index contributed by atoms with van der Waals surface area (Å²) in [5.74, 6) is -3.13. The molecule has 0 aliphatic rings. The lowest BCUT2D eigenvalue weighted by atomic mass is 10.0. The zero-order chi connectivity index (χ0) is 18.4. The van der Waals surface area contributed by atoms with Crippen molar-refractivity contribution in [3.63, 3.8) is 0 Å². The van der Waals surface area contributed by atoms with Crippen molar-refractivity contribution in [2.45, 2.75) is 37.0 Å². The molecule has 0 aliphatic heterocycles. The Morgan fingerprint density at radius 1 is 1.28 bits per heavy atom. The number of sulfonamides is 1. The standard InChI is InChI=1S/C15H18N4O5S/c1-2-3-9-11(12(16)20)15-17-13(18-24-15)14(21)19-25(22,23)10-7-5-4-6-8-10/h4-8,11H,2-3,9H2,1H3,(H2,16,20)(H,19,21). The van der Waals surface area contributed by atoms with E-state index in [1.807, 2.05) is 11.6 Å². The maximum absolute atomic E-state index is 12.1. The van der Waals surface area contributed by atoms with Gasteiger partial charge in [-0.2, -0.15) is 4.98 Å². The van der Waals surface area contributed by atoms with Gasteiger partial charge in [0.25, 0.3) is 15.8 Å². The first kappa shape index (κ1) is 18.6. The van der Waals surface area contributed by atoms with Crippen molar-refractivity contribution < 1.29 is 22.5 Å². The molecule has 2 aromatic rings. The van der Waals surface area contributed by atoms with E-state index in [4.69, 9.17) is 10.3 Å². The van der Waals surface area contributed by atoms with Gasteiger partial charge in [0.1, 0.15) is 5.92 Å². The van der Waals surface area contributed by atoms with Gasteiger partial charge in [-0.3, -0.25) is 9.59 Å². The Morgan fingerprint density at radius 2 is 1.96 bits per heavy atom. The van der Waals surface area contributed by atoms with Crippen LogP contribution in [0.25, 0.3) is 0 Å². The third-order valence-electron chi connectivity index (χ3n) is 3.41. The second kappa shape index (κ2) is 7.88. The highest BCUT2D eigenvalue weighted by molar-refractivity contribution is 7.90. The monoisotopic (exact) mass is 366 g/mol. The minimum absolute atomic E-state index is 0.0787. The van der Waals surface area contributed by atoms with E-state index in [0.717, 1.165) is 6.42 Å². The first-order chi connectivity index (χ1) is 11.8. The molecule has 0 saturated carbocycles. The minimum atomic E-state index is -4.06. The first-order valence-electron chi connectivity index (χ1n) is 7.60. The predicted octanol–water partition coefficient (Wildman–Crippen LogP) is 0.947. The zero-order valence-electron chi connectivity index (χ0n) is 13.5. The van der Waals surface area contributed by atoms with Gasteiger partial charge in [0.05, 0.1) is 4.90 Å². The number of aromatic nitrogens is 2. The molecule has 1 aromatic heterocycles. The highest BCUT2D eigenvalue weighted by atomic mass is 32.2. The summed E-state index contributed by atoms with van der Waals surface area (Å²) < 4.78 is 31.0. The van der Waals surface area contributed by atoms with Crippen LogP contribution < -0.4 is 10.5 Å². The summed E-state index contributed by atoms with van der Waals surface area (Å²) in [4.78, 5) is 27.3. The predicted molar refractivity (Wildman–Crippen MR) is 86.9 cm³/mol. The Labute approximate surface area is 144 Å². The molecule has 0 saturated heterocycles. The van der Waals surface area contributed by atoms with Crippen molar-refractivity contribution in [2.24, 2.45) is 5.73 Å². The fourth-order valence-electron chi connectivity index (χ4n) is 2.09. The van der Waals surface area contributed by atoms with Crippen LogP contribution in [0, 0.1) is 0 Å². The van der Waals surface area contributed by atoms with Gasteiger partial charge in [-0.25, -0.2) is 13.1 Å². The molecule has 1 heterocycles. The second-order valence-corrected chi connectivity index (χ2v) is 6.98. The molecule has 1 atom stereocenters. The van der Waals surface area contributed by atoms with E-state index in [1.165, 1.54) is 24.3 Å². The number of rotatable bonds is 8. The quantitative estimate of drug-likeness (QED) is 0.707. The van der Waals surface area contributed by atoms with E-state index in [1.54, 1.807) is 6.07 Å². The molecule has 1 unspecified atom stereocenters. The highest BCUT2D eigenvalue weighted by Crippen LogP contribution is 2.20. The Morgan fingerprint density at radius 3 is 2.56 bits per heavy atom. The molecule has 0 radical (unpaired) electrons. The van der Waals surface area contributed by atoms with Crippen LogP contribution in [0.15, 0.2) is 39.8 Å². The Bertz CT molecular complexity index is 848. The summed E-state index contributed by atoms with van der Waals surface area (Å²) in [6.07, 6.45) is 1.94. The van der Waals surface area contributed by atoms with Crippen LogP contribution in [0.3, 0.4) is 0 Å². The van der Waals surface area contributed by atoms with Crippen molar-refractivity contribution in [2.75, 3.05) is 0 Å². The molecule has 10 heteroatoms. The van der Waals surface area contributed by atoms with Crippen LogP contribution in [0.1, 0.15) is 48.6 Å². The molecule has 2 rings (SSSR count). The average Bonchev–Trinajstić information content (AvgIpc) is 3.05. The molecule has 9 nitrogen and oxygen atoms in total. The molecule has 0 bridgehead atoms. The van der Waals surface area contributed by atoms with Gasteiger partial charge in [0, 0.05) is 0 Å². The number of hydrogen-bond acceptors (Lipinski definition) is 7. The number of carbonyl (C=O) groups is 2. The van der Waals surface area contributed by atoms with Crippen LogP contribution in [0.5, 0.6) is 0 Å². The number of amides is 2. The smallest absolute Gasteiger partial charge is 0.306 e. The number of nitrogens with one attached hydrogen (secondary N) is 1. The van der Waals surface area contributed by atoms with Crippen LogP contribution in [0.4, 0.5) is 0 Å². The molecule has 0 aliphatic carbocycles. The number of nitrogens with zero attached hydrogens (tertiary/aromatic N) is 2. The number of primary amides is 1. The normalized spacial score (nSPS) is 12.5. The van der Waals surface area contributed by atoms with Gasteiger partial charge in [-0.05, 0) is 18.6 Å². The lowest BCUT2D eigenvalue weighted by molar-refractivity contribution is -0.120. The van der Waals surface area contributed by atoms with Crippen LogP contribution in [-0.4, -0.2) is 30.4 Å². The molecule has 0 fully saturated rings. The van der Waals surface area contributed by atoms with Crippen molar-refractivity contribution in [1.82, 2.24) is 14.9 Å². The Hall–Kier alpha value is -2.75. The van der Waals surface area contributed by atoms with Gasteiger partial charge in [0.2, 0.25) is 11.8 Å². The number of nitrogens with two attached hydrogens (primary N) is 1. The largest absolute Gasteiger partial charge is 0.369 e. The van der Waals surface area contributed by atoms with Crippen molar-refractivity contribution in [1.29, 1.82) is 0 Å². The molecular formula is C15H18N4O5S. The third-order valence-corrected chi connectivity index (χ3v) is 4.76. The first-order valence-corrected chi connectivity index (χ1v) is 9.08. The molecule has 0 spiro atoms. The summed E-state index contributed by atoms with van der Waals surface area (Å²) in [5, 5.41) is 3.43. The summed E-state index contributed by atoms with van der Waals surface area (Å²) in [7, 11) is -4.06. The van der Waals surface area contributed by atoms with Gasteiger partial charge in [0.15, 0.2) is 0 Å². The van der Waals surface area contributed by atoms with Crippen molar-refractivity contribution >= 4 is 21.8 Å². The number of unbranched alkanes of at least 4 members (excludes halogenated alkanes) is 1. The summed E-state index contributed by atoms with van der Waals surface area (Å²) in [6, 6.07) is 7.37. The fourth-order valence-corrected chi connectivity index (χ4v) is 3.06. The lowest BCUT2D eigenvalue weighted by Gasteiger charge is -2.06. The van der Waals surface area contributed by atoms with Crippen LogP contribution in [-0.2, 0) is 14.8 Å². The molecular weight excluding hydrogens is 348 g/mol. The lowest BCUT2D eigenvalue weighted by Crippen LogP contribution is -2.31. The summed E-state index contributed by atoms with van der Waals surface area (Å²) in [6.45, 7) is 1.94. The minimum Gasteiger partial charge on any atom is -0.369 e. The maximum Gasteiger partial charge on any atom is 0.306 e. The molecule has 134 valence electrons. The van der Waals surface area contributed by atoms with E-state index in [9.17, 15) is 18.0 Å². The highest BCUT2D eigenvalue weighted by Gasteiger charge is 2.27. The van der Waals surface area contributed by atoms with E-state index >= 15 is 0 Å². The van der Waals surface area contributed by atoms with E-state index in [0.29, 0.717) is 12.8 Å². The Balaban J connectivity index is 2.16. The number of carbonyl (C=O) groups excluding carboxylic acids is 2. The Kier molecular flexibility index (Phi) is 5.86. The van der Waals surface area contributed by atoms with E-state index in [-0.39, 0.29) is 10.8 Å². The molecule has 2 amide bonds. The average molecular weight is 366 g/mol. The van der Waals surface area contributed by atoms with Crippen LogP contribution >= 0.6 is 0 Å². The SMILES string of the molecule is CCCCC(C(N)=O)c1nc(C(=O)NS(=O)(=O)c2ccccc2)no1. The topological polar surface area (TPSA) is 145 Å². The molecule has 25 heavy (non-hydrogen) atoms. The van der Waals surface area contributed by atoms with Crippen molar-refractivity contribution in [3.05, 3.63) is 42.0 Å². The zero-order valence-corrected chi connectivity index (χ0v) is 14.3. The summed E-state index contributed by atoms with van der Waals surface area (Å²) in [5.41, 5.74) is 5.31. The van der Waals surface area contributed by atoms with E-state index in [2.05, 4.69) is 10.1 Å². The van der Waals surface area contributed by atoms with Gasteiger partial charge in [-0.15, -0.1) is 0 Å². The number of benzene rings is 1. The van der Waals surface area contributed by atoms with Crippen LogP contribution in [0.2, 0.25) is 0 Å².